The quantitative estimate of drug-likeness (QED) is 0.402. The van der Waals surface area contributed by atoms with E-state index >= 15 is 0 Å². The average molecular weight is 476 g/mol. The maximum Gasteiger partial charge on any atom is 0.213 e. The molecule has 0 spiro atoms. The van der Waals surface area contributed by atoms with E-state index in [-0.39, 0.29) is 30.1 Å². The summed E-state index contributed by atoms with van der Waals surface area (Å²) in [5.41, 5.74) is 0. The molecule has 5 nitrogen and oxygen atoms in total. The van der Waals surface area contributed by atoms with Crippen molar-refractivity contribution in [2.75, 3.05) is 37.7 Å². The molecule has 1 aromatic heterocycles. The highest BCUT2D eigenvalue weighted by Crippen LogP contribution is 2.23. The van der Waals surface area contributed by atoms with Crippen molar-refractivity contribution in [3.05, 3.63) is 24.4 Å². The predicted octanol–water partition coefficient (Wildman–Crippen LogP) is 3.26. The molecule has 0 aromatic carbocycles. The number of nitrogens with one attached hydrogen (secondary N) is 1. The van der Waals surface area contributed by atoms with E-state index in [1.165, 1.54) is 24.3 Å². The lowest BCUT2D eigenvalue weighted by Gasteiger charge is -2.24. The van der Waals surface area contributed by atoms with Crippen molar-refractivity contribution >= 4 is 41.7 Å². The molecule has 2 saturated heterocycles. The summed E-state index contributed by atoms with van der Waals surface area (Å²) in [6.07, 6.45) is 5.59. The van der Waals surface area contributed by atoms with Crippen LogP contribution >= 0.6 is 35.7 Å². The number of rotatable bonds is 5. The lowest BCUT2D eigenvalue weighted by molar-refractivity contribution is 0.205. The highest BCUT2D eigenvalue weighted by molar-refractivity contribution is 14.0. The zero-order valence-corrected chi connectivity index (χ0v) is 18.0. The Morgan fingerprint density at radius 2 is 2.20 bits per heavy atom. The number of aliphatic imine (C=N–C) groups is 1. The van der Waals surface area contributed by atoms with Crippen LogP contribution in [0.5, 0.6) is 5.88 Å². The molecule has 25 heavy (non-hydrogen) atoms. The van der Waals surface area contributed by atoms with Crippen LogP contribution in [0, 0.1) is 5.92 Å². The van der Waals surface area contributed by atoms with Crippen LogP contribution in [0.1, 0.15) is 26.2 Å². The molecule has 7 heteroatoms. The number of nitrogens with zero attached hydrogens (tertiary/aromatic N) is 3. The highest BCUT2D eigenvalue weighted by Gasteiger charge is 2.27. The van der Waals surface area contributed by atoms with Gasteiger partial charge in [0.1, 0.15) is 6.10 Å². The maximum atomic E-state index is 5.99. The van der Waals surface area contributed by atoms with E-state index in [1.807, 2.05) is 18.2 Å². The van der Waals surface area contributed by atoms with Crippen LogP contribution in [0.25, 0.3) is 0 Å². The lowest BCUT2D eigenvalue weighted by atomic mass is 10.0. The molecule has 2 fully saturated rings. The average Bonchev–Trinajstić information content (AvgIpc) is 3.09. The lowest BCUT2D eigenvalue weighted by Crippen LogP contribution is -2.41. The summed E-state index contributed by atoms with van der Waals surface area (Å²) in [6, 6.07) is 5.79. The highest BCUT2D eigenvalue weighted by atomic mass is 127. The summed E-state index contributed by atoms with van der Waals surface area (Å²) in [6.45, 7) is 5.85. The number of guanidine groups is 1. The molecule has 3 rings (SSSR count). The van der Waals surface area contributed by atoms with Crippen LogP contribution < -0.4 is 10.1 Å². The van der Waals surface area contributed by atoms with Gasteiger partial charge in [-0.25, -0.2) is 4.98 Å². The number of hydrogen-bond acceptors (Lipinski definition) is 4. The van der Waals surface area contributed by atoms with Gasteiger partial charge < -0.3 is 15.0 Å². The van der Waals surface area contributed by atoms with Gasteiger partial charge in [-0.05, 0) is 43.3 Å². The van der Waals surface area contributed by atoms with Gasteiger partial charge in [0.15, 0.2) is 5.96 Å². The third-order valence-corrected chi connectivity index (χ3v) is 5.59. The zero-order chi connectivity index (χ0) is 16.6. The number of ether oxygens (including phenoxy) is 1. The first kappa shape index (κ1) is 20.6. The van der Waals surface area contributed by atoms with Crippen LogP contribution in [0.15, 0.2) is 29.4 Å². The molecule has 1 atom stereocenters. The number of likely N-dealkylation sites (tertiary alicyclic amines) is 1. The second-order valence-corrected chi connectivity index (χ2v) is 7.62. The van der Waals surface area contributed by atoms with Crippen LogP contribution in [0.3, 0.4) is 0 Å². The molecule has 0 amide bonds. The van der Waals surface area contributed by atoms with E-state index in [4.69, 9.17) is 9.73 Å². The third kappa shape index (κ3) is 6.51. The van der Waals surface area contributed by atoms with Gasteiger partial charge in [0.25, 0.3) is 0 Å². The third-order valence-electron chi connectivity index (χ3n) is 4.54. The number of hydrogen-bond donors (Lipinski definition) is 1. The largest absolute Gasteiger partial charge is 0.472 e. The smallest absolute Gasteiger partial charge is 0.213 e. The van der Waals surface area contributed by atoms with Crippen molar-refractivity contribution in [1.29, 1.82) is 0 Å². The van der Waals surface area contributed by atoms with Gasteiger partial charge in [-0.3, -0.25) is 4.99 Å². The molecule has 0 aliphatic carbocycles. The molecular formula is C18H29IN4OS. The Hall–Kier alpha value is -0.700. The second-order valence-electron chi connectivity index (χ2n) is 6.39. The molecule has 0 radical (unpaired) electrons. The van der Waals surface area contributed by atoms with Gasteiger partial charge in [0.05, 0.1) is 6.54 Å². The van der Waals surface area contributed by atoms with Crippen molar-refractivity contribution in [1.82, 2.24) is 15.2 Å². The predicted molar refractivity (Wildman–Crippen MR) is 116 cm³/mol. The van der Waals surface area contributed by atoms with Crippen LogP contribution in [-0.4, -0.2) is 59.6 Å². The summed E-state index contributed by atoms with van der Waals surface area (Å²) in [5.74, 6) is 5.10. The molecule has 2 aliphatic heterocycles. The number of aromatic nitrogens is 1. The topological polar surface area (TPSA) is 49.8 Å². The molecule has 0 bridgehead atoms. The van der Waals surface area contributed by atoms with E-state index in [0.29, 0.717) is 5.88 Å². The van der Waals surface area contributed by atoms with Crippen LogP contribution in [-0.2, 0) is 0 Å². The maximum absolute atomic E-state index is 5.99. The Morgan fingerprint density at radius 3 is 2.92 bits per heavy atom. The number of thioether (sulfide) groups is 1. The summed E-state index contributed by atoms with van der Waals surface area (Å²) < 4.78 is 5.99. The Labute approximate surface area is 172 Å². The van der Waals surface area contributed by atoms with E-state index in [0.717, 1.165) is 44.5 Å². The fourth-order valence-electron chi connectivity index (χ4n) is 3.17. The van der Waals surface area contributed by atoms with Crippen molar-refractivity contribution in [2.24, 2.45) is 10.9 Å². The van der Waals surface area contributed by atoms with Gasteiger partial charge in [0.2, 0.25) is 5.88 Å². The first-order valence-corrected chi connectivity index (χ1v) is 10.2. The van der Waals surface area contributed by atoms with E-state index in [1.54, 1.807) is 6.20 Å². The Kier molecular flexibility index (Phi) is 9.16. The molecule has 1 N–H and O–H groups in total. The monoisotopic (exact) mass is 476 g/mol. The molecule has 1 unspecified atom stereocenters. The van der Waals surface area contributed by atoms with Crippen molar-refractivity contribution < 1.29 is 4.74 Å². The van der Waals surface area contributed by atoms with Gasteiger partial charge >= 0.3 is 0 Å². The molecular weight excluding hydrogens is 447 g/mol. The Balaban J connectivity index is 0.00000225. The first-order chi connectivity index (χ1) is 11.8. The molecule has 2 aliphatic rings. The summed E-state index contributed by atoms with van der Waals surface area (Å²) in [5, 5.41) is 3.45. The fourth-order valence-corrected chi connectivity index (χ4v) is 4.38. The van der Waals surface area contributed by atoms with E-state index in [9.17, 15) is 0 Å². The minimum absolute atomic E-state index is 0. The van der Waals surface area contributed by atoms with Crippen molar-refractivity contribution in [3.63, 3.8) is 0 Å². The second kappa shape index (κ2) is 11.1. The number of pyridine rings is 1. The summed E-state index contributed by atoms with van der Waals surface area (Å²) in [4.78, 5) is 11.5. The minimum Gasteiger partial charge on any atom is -0.472 e. The van der Waals surface area contributed by atoms with E-state index in [2.05, 4.69) is 33.9 Å². The zero-order valence-electron chi connectivity index (χ0n) is 14.9. The SMILES string of the molecule is CCNC(=NCC1CCSCC1)N1CCC(Oc2ccccn2)C1.I. The van der Waals surface area contributed by atoms with E-state index < -0.39 is 0 Å². The molecule has 0 saturated carbocycles. The van der Waals surface area contributed by atoms with Gasteiger partial charge in [0, 0.05) is 38.3 Å². The van der Waals surface area contributed by atoms with Gasteiger partial charge in [-0.15, -0.1) is 24.0 Å². The van der Waals surface area contributed by atoms with Crippen molar-refractivity contribution in [3.8, 4) is 5.88 Å². The molecule has 1 aromatic rings. The molecule has 140 valence electrons. The Morgan fingerprint density at radius 1 is 1.36 bits per heavy atom. The van der Waals surface area contributed by atoms with Crippen LogP contribution in [0.4, 0.5) is 0 Å². The summed E-state index contributed by atoms with van der Waals surface area (Å²) >= 11 is 2.07. The standard InChI is InChI=1S/C18H28N4OS.HI/c1-2-19-18(21-13-15-7-11-24-12-8-15)22-10-6-16(14-22)23-17-5-3-4-9-20-17;/h3-5,9,15-16H,2,6-8,10-14H2,1H3,(H,19,21);1H. The van der Waals surface area contributed by atoms with Crippen LogP contribution in [0.2, 0.25) is 0 Å². The minimum atomic E-state index is 0. The fraction of sp³-hybridized carbons (Fsp3) is 0.667. The molecule has 3 heterocycles. The van der Waals surface area contributed by atoms with Gasteiger partial charge in [-0.2, -0.15) is 11.8 Å². The normalized spacial score (nSPS) is 21.7. The number of halogens is 1. The summed E-state index contributed by atoms with van der Waals surface area (Å²) in [7, 11) is 0. The first-order valence-electron chi connectivity index (χ1n) is 9.04. The van der Waals surface area contributed by atoms with Crippen molar-refractivity contribution in [2.45, 2.75) is 32.3 Å². The van der Waals surface area contributed by atoms with Gasteiger partial charge in [-0.1, -0.05) is 6.07 Å². The Bertz CT molecular complexity index is 525.